The van der Waals surface area contributed by atoms with Crippen molar-refractivity contribution in [2.24, 2.45) is 0 Å². The SMILES string of the molecule is CCc1cc(Oc2ccccc2C=O)ccc1Cl. The number of benzene rings is 2. The van der Waals surface area contributed by atoms with Gasteiger partial charge in [0.25, 0.3) is 0 Å². The Morgan fingerprint density at radius 3 is 2.72 bits per heavy atom. The van der Waals surface area contributed by atoms with Gasteiger partial charge in [-0.1, -0.05) is 30.7 Å². The fourth-order valence-corrected chi connectivity index (χ4v) is 1.93. The number of rotatable bonds is 4. The summed E-state index contributed by atoms with van der Waals surface area (Å²) >= 11 is 6.05. The van der Waals surface area contributed by atoms with Gasteiger partial charge in [-0.25, -0.2) is 0 Å². The molecule has 0 aliphatic heterocycles. The summed E-state index contributed by atoms with van der Waals surface area (Å²) in [5.74, 6) is 1.24. The minimum atomic E-state index is 0.533. The van der Waals surface area contributed by atoms with E-state index in [1.54, 1.807) is 30.3 Å². The molecule has 18 heavy (non-hydrogen) atoms. The van der Waals surface area contributed by atoms with Gasteiger partial charge in [0.05, 0.1) is 5.56 Å². The number of para-hydroxylation sites is 1. The highest BCUT2D eigenvalue weighted by Gasteiger charge is 2.05. The molecule has 0 heterocycles. The topological polar surface area (TPSA) is 26.3 Å². The Balaban J connectivity index is 2.31. The van der Waals surface area contributed by atoms with E-state index in [9.17, 15) is 4.79 Å². The van der Waals surface area contributed by atoms with Crippen molar-refractivity contribution in [2.45, 2.75) is 13.3 Å². The van der Waals surface area contributed by atoms with Gasteiger partial charge in [-0.15, -0.1) is 0 Å². The third-order valence-electron chi connectivity index (χ3n) is 2.67. The number of ether oxygens (including phenoxy) is 1. The zero-order valence-electron chi connectivity index (χ0n) is 10.0. The van der Waals surface area contributed by atoms with E-state index in [4.69, 9.17) is 16.3 Å². The first-order valence-corrected chi connectivity index (χ1v) is 6.13. The van der Waals surface area contributed by atoms with Crippen molar-refractivity contribution in [2.75, 3.05) is 0 Å². The Kier molecular flexibility index (Phi) is 4.00. The van der Waals surface area contributed by atoms with Crippen LogP contribution in [0, 0.1) is 0 Å². The summed E-state index contributed by atoms with van der Waals surface area (Å²) in [6.07, 6.45) is 1.62. The molecule has 2 aromatic rings. The van der Waals surface area contributed by atoms with E-state index in [-0.39, 0.29) is 0 Å². The van der Waals surface area contributed by atoms with Gasteiger partial charge in [0, 0.05) is 5.02 Å². The minimum absolute atomic E-state index is 0.533. The fraction of sp³-hybridized carbons (Fsp3) is 0.133. The Labute approximate surface area is 111 Å². The van der Waals surface area contributed by atoms with Crippen molar-refractivity contribution >= 4 is 17.9 Å². The van der Waals surface area contributed by atoms with Crippen LogP contribution in [0.3, 0.4) is 0 Å². The zero-order valence-corrected chi connectivity index (χ0v) is 10.8. The third kappa shape index (κ3) is 2.71. The van der Waals surface area contributed by atoms with Gasteiger partial charge in [0.15, 0.2) is 6.29 Å². The summed E-state index contributed by atoms with van der Waals surface area (Å²) in [6, 6.07) is 12.6. The summed E-state index contributed by atoms with van der Waals surface area (Å²) < 4.78 is 5.71. The van der Waals surface area contributed by atoms with Crippen LogP contribution in [0.4, 0.5) is 0 Å². The summed E-state index contributed by atoms with van der Waals surface area (Å²) in [5.41, 5.74) is 1.56. The molecule has 0 spiro atoms. The predicted molar refractivity (Wildman–Crippen MR) is 72.7 cm³/mol. The van der Waals surface area contributed by atoms with Crippen molar-refractivity contribution in [3.63, 3.8) is 0 Å². The van der Waals surface area contributed by atoms with Gasteiger partial charge in [0.1, 0.15) is 11.5 Å². The Morgan fingerprint density at radius 1 is 1.22 bits per heavy atom. The van der Waals surface area contributed by atoms with E-state index >= 15 is 0 Å². The van der Waals surface area contributed by atoms with E-state index in [1.165, 1.54) is 0 Å². The number of carbonyl (C=O) groups is 1. The lowest BCUT2D eigenvalue weighted by atomic mass is 10.1. The molecule has 0 aliphatic carbocycles. The van der Waals surface area contributed by atoms with E-state index in [1.807, 2.05) is 19.1 Å². The second-order valence-corrected chi connectivity index (χ2v) is 4.27. The van der Waals surface area contributed by atoms with Crippen LogP contribution < -0.4 is 4.74 Å². The zero-order chi connectivity index (χ0) is 13.0. The van der Waals surface area contributed by atoms with Crippen LogP contribution in [0.5, 0.6) is 11.5 Å². The highest BCUT2D eigenvalue weighted by molar-refractivity contribution is 6.31. The van der Waals surface area contributed by atoms with Crippen LogP contribution >= 0.6 is 11.6 Å². The van der Waals surface area contributed by atoms with Crippen molar-refractivity contribution in [3.8, 4) is 11.5 Å². The van der Waals surface area contributed by atoms with E-state index in [0.29, 0.717) is 17.1 Å². The first-order valence-electron chi connectivity index (χ1n) is 5.75. The highest BCUT2D eigenvalue weighted by Crippen LogP contribution is 2.28. The molecule has 0 N–H and O–H groups in total. The quantitative estimate of drug-likeness (QED) is 0.756. The summed E-state index contributed by atoms with van der Waals surface area (Å²) in [4.78, 5) is 10.9. The minimum Gasteiger partial charge on any atom is -0.457 e. The molecular weight excluding hydrogens is 248 g/mol. The van der Waals surface area contributed by atoms with E-state index in [2.05, 4.69) is 0 Å². The first-order chi connectivity index (χ1) is 8.74. The molecule has 0 fully saturated rings. The summed E-state index contributed by atoms with van der Waals surface area (Å²) in [6.45, 7) is 2.03. The van der Waals surface area contributed by atoms with Gasteiger partial charge >= 0.3 is 0 Å². The molecule has 0 atom stereocenters. The summed E-state index contributed by atoms with van der Waals surface area (Å²) in [7, 11) is 0. The first kappa shape index (κ1) is 12.7. The average Bonchev–Trinajstić information content (AvgIpc) is 2.41. The lowest BCUT2D eigenvalue weighted by Gasteiger charge is -2.09. The van der Waals surface area contributed by atoms with Crippen LogP contribution in [-0.4, -0.2) is 6.29 Å². The maximum absolute atomic E-state index is 10.9. The van der Waals surface area contributed by atoms with Crippen molar-refractivity contribution in [1.82, 2.24) is 0 Å². The molecule has 0 aromatic heterocycles. The molecule has 92 valence electrons. The largest absolute Gasteiger partial charge is 0.457 e. The molecule has 0 amide bonds. The van der Waals surface area contributed by atoms with Crippen molar-refractivity contribution in [1.29, 1.82) is 0 Å². The Bertz CT molecular complexity index is 564. The smallest absolute Gasteiger partial charge is 0.153 e. The monoisotopic (exact) mass is 260 g/mol. The molecule has 3 heteroatoms. The van der Waals surface area contributed by atoms with Crippen LogP contribution in [0.2, 0.25) is 5.02 Å². The van der Waals surface area contributed by atoms with Crippen LogP contribution in [0.25, 0.3) is 0 Å². The lowest BCUT2D eigenvalue weighted by molar-refractivity contribution is 0.112. The molecule has 0 aliphatic rings. The number of carbonyl (C=O) groups excluding carboxylic acids is 1. The van der Waals surface area contributed by atoms with Crippen LogP contribution in [0.15, 0.2) is 42.5 Å². The normalized spacial score (nSPS) is 10.1. The molecular formula is C15H13ClO2. The average molecular weight is 261 g/mol. The van der Waals surface area contributed by atoms with Gasteiger partial charge in [0.2, 0.25) is 0 Å². The number of hydrogen-bond donors (Lipinski definition) is 0. The van der Waals surface area contributed by atoms with Crippen LogP contribution in [-0.2, 0) is 6.42 Å². The maximum Gasteiger partial charge on any atom is 0.153 e. The molecule has 0 saturated carbocycles. The highest BCUT2D eigenvalue weighted by atomic mass is 35.5. The van der Waals surface area contributed by atoms with Gasteiger partial charge in [-0.05, 0) is 42.3 Å². The third-order valence-corrected chi connectivity index (χ3v) is 3.04. The maximum atomic E-state index is 10.9. The van der Waals surface area contributed by atoms with E-state index in [0.717, 1.165) is 23.3 Å². The van der Waals surface area contributed by atoms with Gasteiger partial charge in [-0.3, -0.25) is 4.79 Å². The Hall–Kier alpha value is -1.80. The molecule has 0 radical (unpaired) electrons. The molecule has 0 saturated heterocycles. The second kappa shape index (κ2) is 5.69. The van der Waals surface area contributed by atoms with Crippen molar-refractivity contribution in [3.05, 3.63) is 58.6 Å². The molecule has 2 aromatic carbocycles. The van der Waals surface area contributed by atoms with Crippen molar-refractivity contribution < 1.29 is 9.53 Å². The summed E-state index contributed by atoms with van der Waals surface area (Å²) in [5, 5.41) is 0.730. The molecule has 2 nitrogen and oxygen atoms in total. The van der Waals surface area contributed by atoms with E-state index < -0.39 is 0 Å². The number of halogens is 1. The number of aryl methyl sites for hydroxylation is 1. The number of hydrogen-bond acceptors (Lipinski definition) is 2. The number of aldehydes is 1. The molecule has 2 rings (SSSR count). The Morgan fingerprint density at radius 2 is 2.00 bits per heavy atom. The fourth-order valence-electron chi connectivity index (χ4n) is 1.68. The standard InChI is InChI=1S/C15H13ClO2/c1-2-11-9-13(7-8-14(11)16)18-15-6-4-3-5-12(15)10-17/h3-10H,2H2,1H3. The lowest BCUT2D eigenvalue weighted by Crippen LogP contribution is -1.91. The van der Waals surface area contributed by atoms with Gasteiger partial charge in [-0.2, -0.15) is 0 Å². The molecule has 0 bridgehead atoms. The second-order valence-electron chi connectivity index (χ2n) is 3.86. The molecule has 0 unspecified atom stereocenters. The van der Waals surface area contributed by atoms with Crippen LogP contribution in [0.1, 0.15) is 22.8 Å². The predicted octanol–water partition coefficient (Wildman–Crippen LogP) is 4.51. The van der Waals surface area contributed by atoms with Gasteiger partial charge < -0.3 is 4.74 Å².